The van der Waals surface area contributed by atoms with Crippen molar-refractivity contribution in [1.29, 1.82) is 0 Å². The minimum absolute atomic E-state index is 0.00265. The molecular weight excluding hydrogens is 416 g/mol. The predicted octanol–water partition coefficient (Wildman–Crippen LogP) is 3.66. The van der Waals surface area contributed by atoms with E-state index in [9.17, 15) is 13.2 Å². The number of carbonyl (C=O) groups excluding carboxylic acids is 1. The second kappa shape index (κ2) is 7.17. The van der Waals surface area contributed by atoms with Gasteiger partial charge >= 0.3 is 0 Å². The number of sulfonamides is 1. The highest BCUT2D eigenvalue weighted by Crippen LogP contribution is 2.24. The minimum Gasteiger partial charge on any atom is -0.274 e. The van der Waals surface area contributed by atoms with Crippen molar-refractivity contribution in [2.24, 2.45) is 0 Å². The SMILES string of the molecule is Cc1ccc(CC(=O)NS(=O)(=O)c2ccc(C)c3cccnc23)cc1Br. The first kappa shape index (κ1) is 18.5. The quantitative estimate of drug-likeness (QED) is 0.682. The van der Waals surface area contributed by atoms with Crippen LogP contribution in [0, 0.1) is 13.8 Å². The lowest BCUT2D eigenvalue weighted by molar-refractivity contribution is -0.118. The minimum atomic E-state index is -4.02. The number of halogens is 1. The molecule has 0 unspecified atom stereocenters. The fourth-order valence-corrected chi connectivity index (χ4v) is 4.25. The van der Waals surface area contributed by atoms with Crippen LogP contribution in [-0.4, -0.2) is 19.3 Å². The molecule has 134 valence electrons. The molecule has 0 bridgehead atoms. The number of pyridine rings is 1. The van der Waals surface area contributed by atoms with Gasteiger partial charge in [0.05, 0.1) is 11.9 Å². The highest BCUT2D eigenvalue weighted by atomic mass is 79.9. The average molecular weight is 433 g/mol. The van der Waals surface area contributed by atoms with Crippen molar-refractivity contribution in [3.63, 3.8) is 0 Å². The van der Waals surface area contributed by atoms with Crippen LogP contribution < -0.4 is 4.72 Å². The van der Waals surface area contributed by atoms with Crippen LogP contribution in [0.15, 0.2) is 58.0 Å². The van der Waals surface area contributed by atoms with Crippen molar-refractivity contribution >= 4 is 42.8 Å². The molecule has 2 aromatic carbocycles. The summed E-state index contributed by atoms with van der Waals surface area (Å²) in [6.07, 6.45) is 1.50. The summed E-state index contributed by atoms with van der Waals surface area (Å²) in [7, 11) is -4.02. The number of carbonyl (C=O) groups is 1. The molecule has 0 saturated carbocycles. The number of fused-ring (bicyclic) bond motifs is 1. The zero-order valence-electron chi connectivity index (χ0n) is 14.3. The van der Waals surface area contributed by atoms with E-state index in [-0.39, 0.29) is 11.3 Å². The summed E-state index contributed by atoms with van der Waals surface area (Å²) in [5.41, 5.74) is 3.04. The maximum absolute atomic E-state index is 12.7. The van der Waals surface area contributed by atoms with E-state index in [1.165, 1.54) is 12.3 Å². The maximum atomic E-state index is 12.7. The second-order valence-electron chi connectivity index (χ2n) is 6.07. The third-order valence-electron chi connectivity index (χ3n) is 4.09. The third kappa shape index (κ3) is 3.78. The number of rotatable bonds is 4. The Morgan fingerprint density at radius 1 is 1.12 bits per heavy atom. The van der Waals surface area contributed by atoms with Crippen LogP contribution >= 0.6 is 15.9 Å². The lowest BCUT2D eigenvalue weighted by atomic mass is 10.1. The summed E-state index contributed by atoms with van der Waals surface area (Å²) in [5, 5.41) is 0.741. The number of amides is 1. The van der Waals surface area contributed by atoms with Crippen LogP contribution in [0.25, 0.3) is 10.9 Å². The fourth-order valence-electron chi connectivity index (χ4n) is 2.68. The van der Waals surface area contributed by atoms with Crippen LogP contribution in [0.4, 0.5) is 0 Å². The molecule has 7 heteroatoms. The zero-order valence-corrected chi connectivity index (χ0v) is 16.7. The first-order chi connectivity index (χ1) is 12.3. The first-order valence-electron chi connectivity index (χ1n) is 7.93. The first-order valence-corrected chi connectivity index (χ1v) is 10.2. The highest BCUT2D eigenvalue weighted by molar-refractivity contribution is 9.10. The van der Waals surface area contributed by atoms with Crippen molar-refractivity contribution < 1.29 is 13.2 Å². The van der Waals surface area contributed by atoms with Gasteiger partial charge in [-0.05, 0) is 48.7 Å². The Morgan fingerprint density at radius 2 is 1.85 bits per heavy atom. The molecule has 26 heavy (non-hydrogen) atoms. The van der Waals surface area contributed by atoms with Gasteiger partial charge in [0.15, 0.2) is 0 Å². The average Bonchev–Trinajstić information content (AvgIpc) is 2.58. The molecule has 1 heterocycles. The van der Waals surface area contributed by atoms with E-state index in [1.54, 1.807) is 18.2 Å². The van der Waals surface area contributed by atoms with E-state index in [0.29, 0.717) is 5.52 Å². The maximum Gasteiger partial charge on any atom is 0.266 e. The van der Waals surface area contributed by atoms with E-state index in [1.807, 2.05) is 32.0 Å². The molecule has 3 aromatic rings. The van der Waals surface area contributed by atoms with Crippen LogP contribution in [-0.2, 0) is 21.2 Å². The molecule has 1 amide bonds. The standard InChI is InChI=1S/C19H17BrN2O3S/c1-12-6-8-17(19-15(12)4-3-9-21-19)26(24,25)22-18(23)11-14-7-5-13(2)16(20)10-14/h3-10H,11H2,1-2H3,(H,22,23). The molecule has 0 aliphatic heterocycles. The van der Waals surface area contributed by atoms with Crippen LogP contribution in [0.2, 0.25) is 0 Å². The van der Waals surface area contributed by atoms with E-state index in [0.717, 1.165) is 26.5 Å². The van der Waals surface area contributed by atoms with Crippen molar-refractivity contribution in [2.75, 3.05) is 0 Å². The molecule has 0 saturated heterocycles. The Bertz CT molecular complexity index is 1110. The summed E-state index contributed by atoms with van der Waals surface area (Å²) in [6.45, 7) is 3.82. The Kier molecular flexibility index (Phi) is 5.11. The van der Waals surface area contributed by atoms with Gasteiger partial charge in [0.1, 0.15) is 4.90 Å². The van der Waals surface area contributed by atoms with Gasteiger partial charge in [0, 0.05) is 16.1 Å². The molecule has 5 nitrogen and oxygen atoms in total. The lowest BCUT2D eigenvalue weighted by Gasteiger charge is -2.11. The highest BCUT2D eigenvalue weighted by Gasteiger charge is 2.21. The smallest absolute Gasteiger partial charge is 0.266 e. The van der Waals surface area contributed by atoms with E-state index in [4.69, 9.17) is 0 Å². The summed E-state index contributed by atoms with van der Waals surface area (Å²) in [6, 6.07) is 12.2. The van der Waals surface area contributed by atoms with Gasteiger partial charge in [0.2, 0.25) is 5.91 Å². The number of nitrogens with zero attached hydrogens (tertiary/aromatic N) is 1. The second-order valence-corrected chi connectivity index (χ2v) is 8.57. The fraction of sp³-hybridized carbons (Fsp3) is 0.158. The lowest BCUT2D eigenvalue weighted by Crippen LogP contribution is -2.32. The number of aromatic nitrogens is 1. The predicted molar refractivity (Wildman–Crippen MR) is 104 cm³/mol. The summed E-state index contributed by atoms with van der Waals surface area (Å²) < 4.78 is 28.4. The number of nitrogens with one attached hydrogen (secondary N) is 1. The molecule has 1 N–H and O–H groups in total. The Hall–Kier alpha value is -2.25. The third-order valence-corrected chi connectivity index (χ3v) is 6.35. The van der Waals surface area contributed by atoms with Crippen LogP contribution in [0.5, 0.6) is 0 Å². The van der Waals surface area contributed by atoms with Gasteiger partial charge in [-0.1, -0.05) is 40.2 Å². The van der Waals surface area contributed by atoms with Gasteiger partial charge in [-0.25, -0.2) is 13.1 Å². The normalized spacial score (nSPS) is 11.5. The zero-order chi connectivity index (χ0) is 18.9. The Morgan fingerprint density at radius 3 is 2.58 bits per heavy atom. The van der Waals surface area contributed by atoms with Gasteiger partial charge < -0.3 is 0 Å². The molecular formula is C19H17BrN2O3S. The van der Waals surface area contributed by atoms with E-state index >= 15 is 0 Å². The molecule has 0 fully saturated rings. The molecule has 3 rings (SSSR count). The van der Waals surface area contributed by atoms with Gasteiger partial charge in [0.25, 0.3) is 10.0 Å². The molecule has 0 spiro atoms. The summed E-state index contributed by atoms with van der Waals surface area (Å²) in [4.78, 5) is 16.5. The number of hydrogen-bond donors (Lipinski definition) is 1. The molecule has 0 atom stereocenters. The monoisotopic (exact) mass is 432 g/mol. The molecule has 1 aromatic heterocycles. The van der Waals surface area contributed by atoms with E-state index in [2.05, 4.69) is 25.6 Å². The van der Waals surface area contributed by atoms with E-state index < -0.39 is 15.9 Å². The van der Waals surface area contributed by atoms with Gasteiger partial charge in [-0.2, -0.15) is 0 Å². The van der Waals surface area contributed by atoms with Crippen molar-refractivity contribution in [2.45, 2.75) is 25.2 Å². The van der Waals surface area contributed by atoms with Gasteiger partial charge in [-0.3, -0.25) is 9.78 Å². The largest absolute Gasteiger partial charge is 0.274 e. The topological polar surface area (TPSA) is 76.1 Å². The number of hydrogen-bond acceptors (Lipinski definition) is 4. The van der Waals surface area contributed by atoms with Crippen molar-refractivity contribution in [3.05, 3.63) is 69.8 Å². The summed E-state index contributed by atoms with van der Waals surface area (Å²) in [5.74, 6) is -0.592. The molecule has 0 aliphatic carbocycles. The Labute approximate surface area is 160 Å². The van der Waals surface area contributed by atoms with Crippen molar-refractivity contribution in [1.82, 2.24) is 9.71 Å². The molecule has 0 radical (unpaired) electrons. The van der Waals surface area contributed by atoms with Crippen LogP contribution in [0.1, 0.15) is 16.7 Å². The number of benzene rings is 2. The van der Waals surface area contributed by atoms with Gasteiger partial charge in [-0.15, -0.1) is 0 Å². The Balaban J connectivity index is 1.88. The van der Waals surface area contributed by atoms with Crippen molar-refractivity contribution in [3.8, 4) is 0 Å². The summed E-state index contributed by atoms with van der Waals surface area (Å²) >= 11 is 3.41. The molecule has 0 aliphatic rings. The van der Waals surface area contributed by atoms with Crippen LogP contribution in [0.3, 0.4) is 0 Å². The number of aryl methyl sites for hydroxylation is 2.